The maximum Gasteiger partial charge on any atom is 0.123 e. The predicted octanol–water partition coefficient (Wildman–Crippen LogP) is 5.07. The van der Waals surface area contributed by atoms with Crippen LogP contribution in [0.15, 0.2) is 23.6 Å². The lowest BCUT2D eigenvalue weighted by molar-refractivity contribution is 0.894. The van der Waals surface area contributed by atoms with Gasteiger partial charge in [-0.3, -0.25) is 0 Å². The maximum absolute atomic E-state index is 5.96. The Bertz CT molecular complexity index is 473. The van der Waals surface area contributed by atoms with Crippen molar-refractivity contribution >= 4 is 34.5 Å². The zero-order chi connectivity index (χ0) is 11.5. The lowest BCUT2D eigenvalue weighted by Gasteiger charge is -1.98. The first-order valence-corrected chi connectivity index (χ1v) is 6.73. The van der Waals surface area contributed by atoms with Crippen molar-refractivity contribution in [1.82, 2.24) is 4.98 Å². The molecule has 1 aromatic carbocycles. The van der Waals surface area contributed by atoms with Crippen LogP contribution in [0.2, 0.25) is 10.0 Å². The largest absolute Gasteiger partial charge is 0.241 e. The fourth-order valence-electron chi connectivity index (χ4n) is 1.49. The van der Waals surface area contributed by atoms with E-state index in [-0.39, 0.29) is 0 Å². The normalized spacial score (nSPS) is 10.7. The molecule has 0 saturated carbocycles. The molecule has 0 bridgehead atoms. The van der Waals surface area contributed by atoms with E-state index in [4.69, 9.17) is 23.2 Å². The van der Waals surface area contributed by atoms with Gasteiger partial charge in [0.15, 0.2) is 0 Å². The zero-order valence-electron chi connectivity index (χ0n) is 8.84. The van der Waals surface area contributed by atoms with E-state index in [9.17, 15) is 0 Å². The summed E-state index contributed by atoms with van der Waals surface area (Å²) in [5.41, 5.74) is 2.13. The molecule has 1 heterocycles. The van der Waals surface area contributed by atoms with Crippen molar-refractivity contribution in [2.75, 3.05) is 0 Å². The van der Waals surface area contributed by atoms with E-state index in [1.807, 2.05) is 12.1 Å². The smallest absolute Gasteiger partial charge is 0.123 e. The van der Waals surface area contributed by atoms with Gasteiger partial charge in [-0.25, -0.2) is 4.98 Å². The van der Waals surface area contributed by atoms with Crippen LogP contribution in [-0.4, -0.2) is 4.98 Å². The molecule has 0 atom stereocenters. The molecule has 1 nitrogen and oxygen atoms in total. The van der Waals surface area contributed by atoms with E-state index in [2.05, 4.69) is 17.3 Å². The third-order valence-corrected chi connectivity index (χ3v) is 3.54. The van der Waals surface area contributed by atoms with Gasteiger partial charge in [-0.05, 0) is 24.6 Å². The number of rotatable bonds is 3. The topological polar surface area (TPSA) is 12.9 Å². The minimum absolute atomic E-state index is 0.648. The molecular formula is C12H11Cl2NS. The fourth-order valence-corrected chi connectivity index (χ4v) is 2.86. The van der Waals surface area contributed by atoms with Crippen LogP contribution in [0.3, 0.4) is 0 Å². The predicted molar refractivity (Wildman–Crippen MR) is 71.6 cm³/mol. The molecule has 0 fully saturated rings. The Morgan fingerprint density at radius 3 is 2.50 bits per heavy atom. The molecular weight excluding hydrogens is 261 g/mol. The second-order valence-electron chi connectivity index (χ2n) is 3.55. The van der Waals surface area contributed by atoms with Crippen LogP contribution in [0.25, 0.3) is 10.6 Å². The number of benzene rings is 1. The van der Waals surface area contributed by atoms with Gasteiger partial charge >= 0.3 is 0 Å². The van der Waals surface area contributed by atoms with Crippen molar-refractivity contribution in [3.63, 3.8) is 0 Å². The first kappa shape index (κ1) is 11.9. The van der Waals surface area contributed by atoms with E-state index in [1.54, 1.807) is 17.4 Å². The van der Waals surface area contributed by atoms with E-state index in [0.717, 1.165) is 29.1 Å². The van der Waals surface area contributed by atoms with Crippen molar-refractivity contribution in [2.45, 2.75) is 19.8 Å². The van der Waals surface area contributed by atoms with Crippen molar-refractivity contribution in [3.05, 3.63) is 39.3 Å². The second-order valence-corrected chi connectivity index (χ2v) is 5.28. The molecule has 1 aromatic heterocycles. The van der Waals surface area contributed by atoms with Crippen LogP contribution in [0.4, 0.5) is 0 Å². The monoisotopic (exact) mass is 271 g/mol. The van der Waals surface area contributed by atoms with E-state index >= 15 is 0 Å². The quantitative estimate of drug-likeness (QED) is 0.760. The number of hydrogen-bond acceptors (Lipinski definition) is 2. The molecule has 0 N–H and O–H groups in total. The summed E-state index contributed by atoms with van der Waals surface area (Å²) < 4.78 is 0. The lowest BCUT2D eigenvalue weighted by atomic mass is 10.2. The Hall–Kier alpha value is -0.570. The van der Waals surface area contributed by atoms with Crippen LogP contribution >= 0.6 is 34.5 Å². The molecule has 84 valence electrons. The maximum atomic E-state index is 5.96. The molecule has 0 aliphatic heterocycles. The summed E-state index contributed by atoms with van der Waals surface area (Å²) in [6.45, 7) is 2.15. The van der Waals surface area contributed by atoms with Crippen LogP contribution in [0, 0.1) is 0 Å². The SMILES string of the molecule is CCCc1csc(-c2cc(Cl)cc(Cl)c2)n1. The first-order valence-electron chi connectivity index (χ1n) is 5.10. The second kappa shape index (κ2) is 5.17. The number of nitrogens with zero attached hydrogens (tertiary/aromatic N) is 1. The van der Waals surface area contributed by atoms with Crippen LogP contribution in [0.5, 0.6) is 0 Å². The summed E-state index contributed by atoms with van der Waals surface area (Å²) in [7, 11) is 0. The minimum atomic E-state index is 0.648. The van der Waals surface area contributed by atoms with Crippen LogP contribution in [0.1, 0.15) is 19.0 Å². The Labute approximate surface area is 109 Å². The molecule has 0 spiro atoms. The lowest BCUT2D eigenvalue weighted by Crippen LogP contribution is -1.83. The summed E-state index contributed by atoms with van der Waals surface area (Å²) in [6, 6.07) is 5.51. The van der Waals surface area contributed by atoms with E-state index in [0.29, 0.717) is 10.0 Å². The third-order valence-electron chi connectivity index (χ3n) is 2.17. The Kier molecular flexibility index (Phi) is 3.85. The van der Waals surface area contributed by atoms with Gasteiger partial charge in [-0.15, -0.1) is 11.3 Å². The van der Waals surface area contributed by atoms with Gasteiger partial charge in [0.25, 0.3) is 0 Å². The standard InChI is InChI=1S/C12H11Cl2NS/c1-2-3-11-7-16-12(15-11)8-4-9(13)6-10(14)5-8/h4-7H,2-3H2,1H3. The number of aromatic nitrogens is 1. The highest BCUT2D eigenvalue weighted by molar-refractivity contribution is 7.13. The van der Waals surface area contributed by atoms with Crippen molar-refractivity contribution in [2.24, 2.45) is 0 Å². The fraction of sp³-hybridized carbons (Fsp3) is 0.250. The molecule has 0 radical (unpaired) electrons. The van der Waals surface area contributed by atoms with Crippen LogP contribution < -0.4 is 0 Å². The summed E-state index contributed by atoms with van der Waals surface area (Å²) in [5, 5.41) is 4.37. The van der Waals surface area contributed by atoms with E-state index in [1.165, 1.54) is 0 Å². The molecule has 0 aliphatic carbocycles. The van der Waals surface area contributed by atoms with Crippen LogP contribution in [-0.2, 0) is 6.42 Å². The highest BCUT2D eigenvalue weighted by atomic mass is 35.5. The Morgan fingerprint density at radius 2 is 1.88 bits per heavy atom. The van der Waals surface area contributed by atoms with Gasteiger partial charge in [-0.2, -0.15) is 0 Å². The van der Waals surface area contributed by atoms with Crippen molar-refractivity contribution < 1.29 is 0 Å². The van der Waals surface area contributed by atoms with Gasteiger partial charge in [0.1, 0.15) is 5.01 Å². The summed E-state index contributed by atoms with van der Waals surface area (Å²) in [4.78, 5) is 4.55. The number of aryl methyl sites for hydroxylation is 1. The average molecular weight is 272 g/mol. The van der Waals surface area contributed by atoms with Crippen molar-refractivity contribution in [1.29, 1.82) is 0 Å². The number of hydrogen-bond donors (Lipinski definition) is 0. The van der Waals surface area contributed by atoms with Crippen molar-refractivity contribution in [3.8, 4) is 10.6 Å². The molecule has 0 saturated heterocycles. The Balaban J connectivity index is 2.34. The third kappa shape index (κ3) is 2.76. The molecule has 2 aromatic rings. The first-order chi connectivity index (χ1) is 7.69. The highest BCUT2D eigenvalue weighted by Crippen LogP contribution is 2.29. The molecule has 0 unspecified atom stereocenters. The van der Waals surface area contributed by atoms with Gasteiger partial charge in [-0.1, -0.05) is 36.5 Å². The van der Waals surface area contributed by atoms with Gasteiger partial charge in [0.05, 0.1) is 5.69 Å². The Morgan fingerprint density at radius 1 is 1.19 bits per heavy atom. The molecule has 16 heavy (non-hydrogen) atoms. The summed E-state index contributed by atoms with van der Waals surface area (Å²) >= 11 is 13.6. The number of thiazole rings is 1. The highest BCUT2D eigenvalue weighted by Gasteiger charge is 2.06. The van der Waals surface area contributed by atoms with Gasteiger partial charge in [0.2, 0.25) is 0 Å². The molecule has 0 aliphatic rings. The zero-order valence-corrected chi connectivity index (χ0v) is 11.2. The molecule has 4 heteroatoms. The van der Waals surface area contributed by atoms with E-state index < -0.39 is 0 Å². The van der Waals surface area contributed by atoms with Gasteiger partial charge < -0.3 is 0 Å². The van der Waals surface area contributed by atoms with Gasteiger partial charge in [0, 0.05) is 21.0 Å². The molecule has 2 rings (SSSR count). The minimum Gasteiger partial charge on any atom is -0.241 e. The number of halogens is 2. The summed E-state index contributed by atoms with van der Waals surface area (Å²) in [6.07, 6.45) is 2.13. The molecule has 0 amide bonds. The average Bonchev–Trinajstić information content (AvgIpc) is 2.65. The summed E-state index contributed by atoms with van der Waals surface area (Å²) in [5.74, 6) is 0.